The van der Waals surface area contributed by atoms with Gasteiger partial charge in [0.2, 0.25) is 11.8 Å². The smallest absolute Gasteiger partial charge is 0.306 e. The predicted octanol–water partition coefficient (Wildman–Crippen LogP) is 7.89. The number of rotatable bonds is 15. The fourth-order valence-electron chi connectivity index (χ4n) is 8.30. The van der Waals surface area contributed by atoms with E-state index in [4.69, 9.17) is 9.47 Å². The van der Waals surface area contributed by atoms with Crippen LogP contribution in [-0.4, -0.2) is 67.9 Å². The summed E-state index contributed by atoms with van der Waals surface area (Å²) in [4.78, 5) is 54.2. The van der Waals surface area contributed by atoms with Crippen molar-refractivity contribution in [2.24, 2.45) is 0 Å². The minimum Gasteiger partial charge on any atom is -0.462 e. The zero-order valence-electron chi connectivity index (χ0n) is 29.8. The second-order valence-electron chi connectivity index (χ2n) is 15.8. The Morgan fingerprint density at radius 2 is 0.750 bits per heavy atom. The van der Waals surface area contributed by atoms with Crippen LogP contribution in [0.3, 0.4) is 0 Å². The van der Waals surface area contributed by atoms with Crippen molar-refractivity contribution in [1.29, 1.82) is 0 Å². The Hall–Kier alpha value is -2.12. The molecule has 0 N–H and O–H groups in total. The number of likely N-dealkylation sites (tertiary alicyclic amines) is 2. The van der Waals surface area contributed by atoms with Gasteiger partial charge in [0.1, 0.15) is 12.2 Å². The summed E-state index contributed by atoms with van der Waals surface area (Å²) in [6, 6.07) is 0. The zero-order valence-corrected chi connectivity index (χ0v) is 29.8. The van der Waals surface area contributed by atoms with Gasteiger partial charge in [-0.2, -0.15) is 0 Å². The molecule has 0 aromatic carbocycles. The Balaban J connectivity index is 1.56. The molecule has 2 rings (SSSR count). The van der Waals surface area contributed by atoms with Gasteiger partial charge in [0.15, 0.2) is 0 Å². The van der Waals surface area contributed by atoms with E-state index in [9.17, 15) is 19.2 Å². The average Bonchev–Trinajstić information content (AvgIpc) is 2.86. The van der Waals surface area contributed by atoms with E-state index in [0.717, 1.165) is 51.4 Å². The molecule has 2 fully saturated rings. The lowest BCUT2D eigenvalue weighted by molar-refractivity contribution is -0.169. The van der Waals surface area contributed by atoms with Crippen molar-refractivity contribution >= 4 is 23.8 Å². The number of piperidine rings is 2. The molecule has 0 spiro atoms. The van der Waals surface area contributed by atoms with Crippen LogP contribution in [0.4, 0.5) is 0 Å². The number of amides is 2. The second kappa shape index (κ2) is 15.9. The van der Waals surface area contributed by atoms with Crippen LogP contribution in [0.25, 0.3) is 0 Å². The Bertz CT molecular complexity index is 871. The number of hydrogen-bond donors (Lipinski definition) is 0. The van der Waals surface area contributed by atoms with Crippen LogP contribution >= 0.6 is 0 Å². The largest absolute Gasteiger partial charge is 0.462 e. The first kappa shape index (κ1) is 38.1. The molecule has 8 nitrogen and oxygen atoms in total. The van der Waals surface area contributed by atoms with Gasteiger partial charge in [0.25, 0.3) is 0 Å². The highest BCUT2D eigenvalue weighted by molar-refractivity contribution is 5.78. The molecular weight excluding hydrogens is 556 g/mol. The number of nitrogens with zero attached hydrogens (tertiary/aromatic N) is 2. The Kier molecular flexibility index (Phi) is 13.8. The summed E-state index contributed by atoms with van der Waals surface area (Å²) in [5.41, 5.74) is -1.38. The van der Waals surface area contributed by atoms with E-state index in [1.54, 1.807) is 0 Å². The fourth-order valence-corrected chi connectivity index (χ4v) is 8.30. The summed E-state index contributed by atoms with van der Waals surface area (Å²) in [5, 5.41) is 0. The van der Waals surface area contributed by atoms with Crippen molar-refractivity contribution in [2.75, 3.05) is 0 Å². The highest BCUT2D eigenvalue weighted by Gasteiger charge is 2.49. The first-order valence-electron chi connectivity index (χ1n) is 17.4. The molecule has 0 saturated carbocycles. The molecule has 0 bridgehead atoms. The Morgan fingerprint density at radius 3 is 1.00 bits per heavy atom. The molecular formula is C36H64N2O6. The topological polar surface area (TPSA) is 93.2 Å². The molecule has 0 atom stereocenters. The first-order valence-corrected chi connectivity index (χ1v) is 17.4. The highest BCUT2D eigenvalue weighted by atomic mass is 16.5. The van der Waals surface area contributed by atoms with Crippen LogP contribution in [0.5, 0.6) is 0 Å². The number of carbonyl (C=O) groups excluding carboxylic acids is 4. The molecule has 2 amide bonds. The maximum absolute atomic E-state index is 12.6. The quantitative estimate of drug-likeness (QED) is 0.137. The normalized spacial score (nSPS) is 21.1. The predicted molar refractivity (Wildman–Crippen MR) is 175 cm³/mol. The van der Waals surface area contributed by atoms with E-state index < -0.39 is 0 Å². The van der Waals surface area contributed by atoms with Crippen LogP contribution in [0, 0.1) is 0 Å². The first-order chi connectivity index (χ1) is 20.4. The van der Waals surface area contributed by atoms with Crippen LogP contribution in [0.1, 0.15) is 172 Å². The third-order valence-electron chi connectivity index (χ3n) is 9.54. The fraction of sp³-hybridized carbons (Fsp3) is 0.889. The monoisotopic (exact) mass is 620 g/mol. The van der Waals surface area contributed by atoms with Gasteiger partial charge in [0, 0.05) is 73.5 Å². The molecule has 0 unspecified atom stereocenters. The van der Waals surface area contributed by atoms with Crippen molar-refractivity contribution in [3.8, 4) is 0 Å². The second-order valence-corrected chi connectivity index (χ2v) is 15.8. The maximum atomic E-state index is 12.6. The average molecular weight is 621 g/mol. The lowest BCUT2D eigenvalue weighted by Crippen LogP contribution is -2.64. The van der Waals surface area contributed by atoms with Crippen LogP contribution in [0.2, 0.25) is 0 Å². The van der Waals surface area contributed by atoms with Crippen molar-refractivity contribution in [3.63, 3.8) is 0 Å². The summed E-state index contributed by atoms with van der Waals surface area (Å²) in [7, 11) is 0. The van der Waals surface area contributed by atoms with Gasteiger partial charge < -0.3 is 19.3 Å². The van der Waals surface area contributed by atoms with E-state index >= 15 is 0 Å². The van der Waals surface area contributed by atoms with Crippen molar-refractivity contribution in [1.82, 2.24) is 9.80 Å². The molecule has 2 heterocycles. The Morgan fingerprint density at radius 1 is 0.500 bits per heavy atom. The molecule has 0 radical (unpaired) electrons. The number of esters is 2. The zero-order chi connectivity index (χ0) is 33.3. The lowest BCUT2D eigenvalue weighted by atomic mass is 9.77. The molecule has 2 aliphatic heterocycles. The third kappa shape index (κ3) is 10.8. The van der Waals surface area contributed by atoms with E-state index in [1.165, 1.54) is 0 Å². The molecule has 0 aromatic heterocycles. The molecule has 2 saturated heterocycles. The molecule has 0 aromatic rings. The van der Waals surface area contributed by atoms with Gasteiger partial charge in [-0.25, -0.2) is 0 Å². The maximum Gasteiger partial charge on any atom is 0.306 e. The summed E-state index contributed by atoms with van der Waals surface area (Å²) in [6.45, 7) is 20.3. The van der Waals surface area contributed by atoms with Gasteiger partial charge in [-0.15, -0.1) is 0 Å². The molecule has 44 heavy (non-hydrogen) atoms. The van der Waals surface area contributed by atoms with Crippen molar-refractivity contribution < 1.29 is 28.7 Å². The third-order valence-corrected chi connectivity index (χ3v) is 9.54. The minimum atomic E-state index is -0.344. The summed E-state index contributed by atoms with van der Waals surface area (Å²) >= 11 is 0. The molecule has 254 valence electrons. The minimum absolute atomic E-state index is 0.129. The number of unbranched alkanes of at least 4 members (excludes halogenated alkanes) is 7. The summed E-state index contributed by atoms with van der Waals surface area (Å²) < 4.78 is 11.7. The molecule has 0 aliphatic carbocycles. The van der Waals surface area contributed by atoms with Gasteiger partial charge >= 0.3 is 11.9 Å². The SMILES string of the molecule is CCC(=O)N1C(C)(C)CC(OC(=O)CCCCCCCCCCC(=O)OC2CC(C)(C)N(C(=O)CC)C(C)(C)C2)CC1(C)C. The van der Waals surface area contributed by atoms with E-state index in [2.05, 4.69) is 55.4 Å². The lowest BCUT2D eigenvalue weighted by Gasteiger charge is -2.54. The number of hydrogen-bond acceptors (Lipinski definition) is 6. The van der Waals surface area contributed by atoms with Gasteiger partial charge in [-0.1, -0.05) is 52.4 Å². The van der Waals surface area contributed by atoms with Crippen molar-refractivity contribution in [2.45, 2.75) is 206 Å². The van der Waals surface area contributed by atoms with E-state index in [0.29, 0.717) is 51.4 Å². The van der Waals surface area contributed by atoms with E-state index in [-0.39, 0.29) is 58.1 Å². The summed E-state index contributed by atoms with van der Waals surface area (Å²) in [6.07, 6.45) is 12.4. The van der Waals surface area contributed by atoms with Crippen LogP contribution < -0.4 is 0 Å². The van der Waals surface area contributed by atoms with Gasteiger partial charge in [-0.3, -0.25) is 19.2 Å². The van der Waals surface area contributed by atoms with Crippen LogP contribution in [-0.2, 0) is 28.7 Å². The van der Waals surface area contributed by atoms with Crippen molar-refractivity contribution in [3.05, 3.63) is 0 Å². The highest BCUT2D eigenvalue weighted by Crippen LogP contribution is 2.41. The number of ether oxygens (including phenoxy) is 2. The van der Waals surface area contributed by atoms with E-state index in [1.807, 2.05) is 23.6 Å². The van der Waals surface area contributed by atoms with Gasteiger partial charge in [0.05, 0.1) is 0 Å². The Labute approximate surface area is 268 Å². The number of carbonyl (C=O) groups is 4. The molecule has 2 aliphatic rings. The summed E-state index contributed by atoms with van der Waals surface area (Å²) in [5.74, 6) is 0.0384. The van der Waals surface area contributed by atoms with Crippen LogP contribution in [0.15, 0.2) is 0 Å². The van der Waals surface area contributed by atoms with Gasteiger partial charge in [-0.05, 0) is 68.2 Å². The molecule has 8 heteroatoms. The standard InChI is InChI=1S/C36H64N2O6/c1-11-29(39)37-33(3,4)23-27(24-34(37,5)6)43-31(41)21-19-17-15-13-14-16-18-20-22-32(42)44-28-25-35(7,8)38(30(40)12-2)36(9,10)26-28/h27-28H,11-26H2,1-10H3.